The number of rotatable bonds is 2. The fourth-order valence-electron chi connectivity index (χ4n) is 2.30. The van der Waals surface area contributed by atoms with Crippen LogP contribution in [0.15, 0.2) is 27.4 Å². The van der Waals surface area contributed by atoms with Gasteiger partial charge in [0.1, 0.15) is 11.3 Å². The molecule has 3 rings (SSSR count). The molecule has 1 aliphatic heterocycles. The Hall–Kier alpha value is -2.30. The molecule has 0 saturated carbocycles. The Morgan fingerprint density at radius 2 is 2.20 bits per heavy atom. The number of hydrogen-bond acceptors (Lipinski definition) is 5. The Balaban J connectivity index is 2.16. The number of hydrogen-bond donors (Lipinski definition) is 0. The molecule has 0 N–H and O–H groups in total. The number of benzene rings is 1. The van der Waals surface area contributed by atoms with Crippen LogP contribution in [0.3, 0.4) is 0 Å². The normalized spacial score (nSPS) is 13.7. The maximum atomic E-state index is 12.1. The van der Waals surface area contributed by atoms with Crippen molar-refractivity contribution in [2.45, 2.75) is 19.8 Å². The fourth-order valence-corrected chi connectivity index (χ4v) is 2.30. The minimum absolute atomic E-state index is 0.0685. The minimum atomic E-state index is -0.625. The van der Waals surface area contributed by atoms with Crippen molar-refractivity contribution in [3.05, 3.63) is 39.7 Å². The molecule has 2 aromatic rings. The second kappa shape index (κ2) is 5.00. The Morgan fingerprint density at radius 3 is 3.00 bits per heavy atom. The molecular weight excluding hydrogens is 260 g/mol. The largest absolute Gasteiger partial charge is 0.493 e. The van der Waals surface area contributed by atoms with Gasteiger partial charge in [-0.3, -0.25) is 4.79 Å². The molecule has 0 amide bonds. The zero-order valence-corrected chi connectivity index (χ0v) is 11.1. The van der Waals surface area contributed by atoms with E-state index in [2.05, 4.69) is 0 Å². The van der Waals surface area contributed by atoms with Gasteiger partial charge in [-0.05, 0) is 37.5 Å². The van der Waals surface area contributed by atoms with Gasteiger partial charge in [0.25, 0.3) is 0 Å². The Labute approximate surface area is 115 Å². The molecule has 0 radical (unpaired) electrons. The molecule has 5 nitrogen and oxygen atoms in total. The molecule has 0 unspecified atom stereocenters. The monoisotopic (exact) mass is 274 g/mol. The predicted molar refractivity (Wildman–Crippen MR) is 72.3 cm³/mol. The van der Waals surface area contributed by atoms with Gasteiger partial charge < -0.3 is 13.9 Å². The highest BCUT2D eigenvalue weighted by molar-refractivity contribution is 5.89. The van der Waals surface area contributed by atoms with Gasteiger partial charge in [-0.1, -0.05) is 0 Å². The number of aryl methyl sites for hydroxylation is 1. The molecular formula is C15H14O5. The summed E-state index contributed by atoms with van der Waals surface area (Å²) in [6.07, 6.45) is 1.80. The van der Waals surface area contributed by atoms with Crippen LogP contribution in [0.25, 0.3) is 11.0 Å². The second-order valence-corrected chi connectivity index (χ2v) is 4.60. The molecule has 0 fully saturated rings. The van der Waals surface area contributed by atoms with Gasteiger partial charge in [-0.2, -0.15) is 0 Å². The first kappa shape index (κ1) is 12.7. The first-order valence-corrected chi connectivity index (χ1v) is 6.59. The number of carbonyl (C=O) groups excluding carboxylic acids is 1. The highest BCUT2D eigenvalue weighted by Crippen LogP contribution is 2.29. The summed E-state index contributed by atoms with van der Waals surface area (Å²) < 4.78 is 15.9. The van der Waals surface area contributed by atoms with Gasteiger partial charge in [-0.15, -0.1) is 0 Å². The summed E-state index contributed by atoms with van der Waals surface area (Å²) >= 11 is 0. The number of esters is 1. The summed E-state index contributed by atoms with van der Waals surface area (Å²) in [5, 5.41) is 0.415. The van der Waals surface area contributed by atoms with Crippen molar-refractivity contribution in [1.29, 1.82) is 0 Å². The van der Waals surface area contributed by atoms with Crippen LogP contribution in [-0.2, 0) is 11.2 Å². The zero-order valence-electron chi connectivity index (χ0n) is 11.1. The van der Waals surface area contributed by atoms with Crippen LogP contribution in [0.2, 0.25) is 0 Å². The summed E-state index contributed by atoms with van der Waals surface area (Å²) in [6, 6.07) is 4.62. The van der Waals surface area contributed by atoms with Crippen LogP contribution >= 0.6 is 0 Å². The SMILES string of the molecule is CCOC(=O)c1cc(=O)c2cc3c(cc2o1)CCCO3. The lowest BCUT2D eigenvalue weighted by atomic mass is 10.0. The Morgan fingerprint density at radius 1 is 1.35 bits per heavy atom. The summed E-state index contributed by atoms with van der Waals surface area (Å²) in [4.78, 5) is 23.7. The lowest BCUT2D eigenvalue weighted by Crippen LogP contribution is -2.12. The van der Waals surface area contributed by atoms with Gasteiger partial charge in [0.05, 0.1) is 18.6 Å². The smallest absolute Gasteiger partial charge is 0.374 e. The van der Waals surface area contributed by atoms with E-state index in [4.69, 9.17) is 13.9 Å². The number of ether oxygens (including phenoxy) is 2. The second-order valence-electron chi connectivity index (χ2n) is 4.60. The average molecular weight is 274 g/mol. The fraction of sp³-hybridized carbons (Fsp3) is 0.333. The van der Waals surface area contributed by atoms with Crippen molar-refractivity contribution >= 4 is 16.9 Å². The first-order chi connectivity index (χ1) is 9.69. The topological polar surface area (TPSA) is 65.7 Å². The molecule has 1 aliphatic rings. The zero-order chi connectivity index (χ0) is 14.1. The third-order valence-electron chi connectivity index (χ3n) is 3.23. The molecule has 0 aliphatic carbocycles. The quantitative estimate of drug-likeness (QED) is 0.786. The van der Waals surface area contributed by atoms with Gasteiger partial charge in [0, 0.05) is 6.07 Å². The number of carbonyl (C=O) groups is 1. The van der Waals surface area contributed by atoms with E-state index >= 15 is 0 Å². The predicted octanol–water partition coefficient (Wildman–Crippen LogP) is 2.29. The van der Waals surface area contributed by atoms with E-state index in [9.17, 15) is 9.59 Å². The van der Waals surface area contributed by atoms with Crippen molar-refractivity contribution in [2.24, 2.45) is 0 Å². The van der Waals surface area contributed by atoms with Crippen molar-refractivity contribution < 1.29 is 18.7 Å². The van der Waals surface area contributed by atoms with Gasteiger partial charge in [0.15, 0.2) is 5.43 Å². The van der Waals surface area contributed by atoms with Crippen molar-refractivity contribution in [3.63, 3.8) is 0 Å². The maximum absolute atomic E-state index is 12.1. The van der Waals surface area contributed by atoms with Crippen molar-refractivity contribution in [3.8, 4) is 5.75 Å². The molecule has 0 atom stereocenters. The molecule has 0 bridgehead atoms. The van der Waals surface area contributed by atoms with Crippen molar-refractivity contribution in [1.82, 2.24) is 0 Å². The summed E-state index contributed by atoms with van der Waals surface area (Å²) in [5.74, 6) is 0.0291. The first-order valence-electron chi connectivity index (χ1n) is 6.59. The Kier molecular flexibility index (Phi) is 3.18. The van der Waals surface area contributed by atoms with Gasteiger partial charge >= 0.3 is 5.97 Å². The maximum Gasteiger partial charge on any atom is 0.374 e. The highest BCUT2D eigenvalue weighted by atomic mass is 16.5. The lowest BCUT2D eigenvalue weighted by molar-refractivity contribution is 0.0490. The summed E-state index contributed by atoms with van der Waals surface area (Å²) in [5.41, 5.74) is 1.11. The number of fused-ring (bicyclic) bond motifs is 2. The lowest BCUT2D eigenvalue weighted by Gasteiger charge is -2.17. The van der Waals surface area contributed by atoms with Gasteiger partial charge in [0.2, 0.25) is 5.76 Å². The van der Waals surface area contributed by atoms with Crippen molar-refractivity contribution in [2.75, 3.05) is 13.2 Å². The van der Waals surface area contributed by atoms with Crippen LogP contribution in [-0.4, -0.2) is 19.2 Å². The van der Waals surface area contributed by atoms with E-state index < -0.39 is 5.97 Å². The van der Waals surface area contributed by atoms with Crippen LogP contribution in [0, 0.1) is 0 Å². The van der Waals surface area contributed by atoms with Gasteiger partial charge in [-0.25, -0.2) is 4.79 Å². The van der Waals surface area contributed by atoms with Crippen LogP contribution in [0.5, 0.6) is 5.75 Å². The molecule has 1 aromatic carbocycles. The van der Waals surface area contributed by atoms with E-state index in [1.807, 2.05) is 0 Å². The van der Waals surface area contributed by atoms with Crippen LogP contribution in [0.4, 0.5) is 0 Å². The third kappa shape index (κ3) is 2.15. The van der Waals surface area contributed by atoms with E-state index in [1.54, 1.807) is 19.1 Å². The minimum Gasteiger partial charge on any atom is -0.493 e. The molecule has 20 heavy (non-hydrogen) atoms. The molecule has 1 aromatic heterocycles. The summed E-state index contributed by atoms with van der Waals surface area (Å²) in [6.45, 7) is 2.59. The standard InChI is InChI=1S/C15H14O5/c1-2-18-15(17)14-8-11(16)10-7-12-9(4-3-5-19-12)6-13(10)20-14/h6-8H,2-5H2,1H3. The molecule has 0 saturated heterocycles. The molecule has 5 heteroatoms. The average Bonchev–Trinajstić information content (AvgIpc) is 2.45. The molecule has 0 spiro atoms. The van der Waals surface area contributed by atoms with E-state index in [0.29, 0.717) is 17.6 Å². The van der Waals surface area contributed by atoms with E-state index in [1.165, 1.54) is 0 Å². The molecule has 104 valence electrons. The summed E-state index contributed by atoms with van der Waals surface area (Å²) in [7, 11) is 0. The van der Waals surface area contributed by atoms with E-state index in [-0.39, 0.29) is 17.8 Å². The van der Waals surface area contributed by atoms with Crippen LogP contribution in [0.1, 0.15) is 29.5 Å². The van der Waals surface area contributed by atoms with Crippen LogP contribution < -0.4 is 10.2 Å². The van der Waals surface area contributed by atoms with E-state index in [0.717, 1.165) is 30.2 Å². The third-order valence-corrected chi connectivity index (χ3v) is 3.23. The highest BCUT2D eigenvalue weighted by Gasteiger charge is 2.17. The molecule has 2 heterocycles. The Bertz CT molecular complexity index is 729.